The fourth-order valence-electron chi connectivity index (χ4n) is 1.61. The molecule has 2 rings (SSSR count). The molecule has 0 radical (unpaired) electrons. The lowest BCUT2D eigenvalue weighted by atomic mass is 10.2. The average molecular weight is 233 g/mol. The third-order valence-corrected chi connectivity index (χ3v) is 2.56. The molecule has 1 fully saturated rings. The minimum absolute atomic E-state index is 0.141. The molecular formula is C13H15NO3. The number of amides is 1. The van der Waals surface area contributed by atoms with Crippen LogP contribution >= 0.6 is 0 Å². The van der Waals surface area contributed by atoms with Gasteiger partial charge in [-0.3, -0.25) is 9.63 Å². The number of carbonyl (C=O) groups is 1. The molecule has 1 aromatic carbocycles. The van der Waals surface area contributed by atoms with Gasteiger partial charge in [0, 0.05) is 12.6 Å². The van der Waals surface area contributed by atoms with Crippen LogP contribution in [-0.2, 0) is 9.63 Å². The Bertz CT molecular complexity index is 405. The molecule has 0 unspecified atom stereocenters. The molecule has 0 aromatic heterocycles. The largest absolute Gasteiger partial charge is 0.508 e. The molecule has 1 amide bonds. The Morgan fingerprint density at radius 1 is 1.29 bits per heavy atom. The van der Waals surface area contributed by atoms with E-state index in [9.17, 15) is 4.79 Å². The number of phenols is 1. The van der Waals surface area contributed by atoms with E-state index in [0.717, 1.165) is 18.4 Å². The number of carbonyl (C=O) groups excluding carboxylic acids is 1. The summed E-state index contributed by atoms with van der Waals surface area (Å²) >= 11 is 0. The Balaban J connectivity index is 1.95. The minimum Gasteiger partial charge on any atom is -0.508 e. The van der Waals surface area contributed by atoms with Gasteiger partial charge in [-0.05, 0) is 36.6 Å². The Labute approximate surface area is 100 Å². The van der Waals surface area contributed by atoms with Crippen molar-refractivity contribution in [2.24, 2.45) is 0 Å². The van der Waals surface area contributed by atoms with E-state index in [2.05, 4.69) is 0 Å². The van der Waals surface area contributed by atoms with Crippen molar-refractivity contribution in [3.05, 3.63) is 35.9 Å². The normalized spacial score (nSPS) is 16.4. The molecule has 4 nitrogen and oxygen atoms in total. The molecule has 0 saturated carbocycles. The zero-order chi connectivity index (χ0) is 12.1. The molecule has 0 aliphatic carbocycles. The van der Waals surface area contributed by atoms with Gasteiger partial charge in [0.15, 0.2) is 0 Å². The van der Waals surface area contributed by atoms with Gasteiger partial charge in [0.05, 0.1) is 6.61 Å². The molecule has 1 aliphatic rings. The zero-order valence-electron chi connectivity index (χ0n) is 9.50. The highest BCUT2D eigenvalue weighted by atomic mass is 16.7. The van der Waals surface area contributed by atoms with Crippen LogP contribution in [0.25, 0.3) is 6.08 Å². The van der Waals surface area contributed by atoms with Crippen molar-refractivity contribution in [1.29, 1.82) is 0 Å². The Kier molecular flexibility index (Phi) is 3.77. The Hall–Kier alpha value is -1.81. The molecule has 17 heavy (non-hydrogen) atoms. The van der Waals surface area contributed by atoms with Gasteiger partial charge in [-0.1, -0.05) is 12.1 Å². The van der Waals surface area contributed by atoms with Crippen molar-refractivity contribution in [2.45, 2.75) is 12.8 Å². The van der Waals surface area contributed by atoms with Crippen molar-refractivity contribution < 1.29 is 14.7 Å². The summed E-state index contributed by atoms with van der Waals surface area (Å²) < 4.78 is 0. The van der Waals surface area contributed by atoms with Crippen LogP contribution in [0, 0.1) is 0 Å². The second-order valence-corrected chi connectivity index (χ2v) is 3.91. The molecule has 1 saturated heterocycles. The molecule has 1 N–H and O–H groups in total. The third kappa shape index (κ3) is 3.32. The van der Waals surface area contributed by atoms with Crippen LogP contribution in [0.15, 0.2) is 30.3 Å². The van der Waals surface area contributed by atoms with E-state index in [4.69, 9.17) is 9.94 Å². The van der Waals surface area contributed by atoms with Crippen molar-refractivity contribution in [2.75, 3.05) is 13.2 Å². The van der Waals surface area contributed by atoms with Crippen LogP contribution in [0.3, 0.4) is 0 Å². The summed E-state index contributed by atoms with van der Waals surface area (Å²) in [6, 6.07) is 6.66. The van der Waals surface area contributed by atoms with Gasteiger partial charge in [-0.25, -0.2) is 5.06 Å². The number of rotatable bonds is 2. The van der Waals surface area contributed by atoms with Crippen molar-refractivity contribution in [3.8, 4) is 5.75 Å². The number of hydrogen-bond acceptors (Lipinski definition) is 3. The molecule has 90 valence electrons. The molecule has 1 aliphatic heterocycles. The molecule has 0 atom stereocenters. The second kappa shape index (κ2) is 5.50. The maximum Gasteiger partial charge on any atom is 0.270 e. The molecule has 0 spiro atoms. The molecule has 1 heterocycles. The fourth-order valence-corrected chi connectivity index (χ4v) is 1.61. The number of benzene rings is 1. The SMILES string of the molecule is O=C(/C=C/c1ccc(O)cc1)N1CCCCO1. The fraction of sp³-hybridized carbons (Fsp3) is 0.308. The van der Waals surface area contributed by atoms with E-state index < -0.39 is 0 Å². The standard InChI is InChI=1S/C13H15NO3/c15-12-6-3-11(4-7-12)5-8-13(16)14-9-1-2-10-17-14/h3-8,15H,1-2,9-10H2/b8-5+. The lowest BCUT2D eigenvalue weighted by molar-refractivity contribution is -0.191. The van der Waals surface area contributed by atoms with Crippen LogP contribution in [0.2, 0.25) is 0 Å². The number of aromatic hydroxyl groups is 1. The third-order valence-electron chi connectivity index (χ3n) is 2.56. The van der Waals surface area contributed by atoms with Gasteiger partial charge in [0.1, 0.15) is 5.75 Å². The molecule has 1 aromatic rings. The summed E-state index contributed by atoms with van der Waals surface area (Å²) in [7, 11) is 0. The van der Waals surface area contributed by atoms with Gasteiger partial charge in [-0.2, -0.15) is 0 Å². The topological polar surface area (TPSA) is 49.8 Å². The summed E-state index contributed by atoms with van der Waals surface area (Å²) in [6.07, 6.45) is 5.18. The van der Waals surface area contributed by atoms with E-state index in [1.165, 1.54) is 11.1 Å². The first-order valence-electron chi connectivity index (χ1n) is 5.67. The highest BCUT2D eigenvalue weighted by molar-refractivity contribution is 5.91. The number of hydrogen-bond donors (Lipinski definition) is 1. The van der Waals surface area contributed by atoms with E-state index in [1.54, 1.807) is 30.3 Å². The quantitative estimate of drug-likeness (QED) is 0.794. The summed E-state index contributed by atoms with van der Waals surface area (Å²) in [5, 5.41) is 10.5. The van der Waals surface area contributed by atoms with Crippen LogP contribution < -0.4 is 0 Å². The summed E-state index contributed by atoms with van der Waals surface area (Å²) in [4.78, 5) is 16.9. The van der Waals surface area contributed by atoms with Gasteiger partial charge in [0.2, 0.25) is 0 Å². The molecular weight excluding hydrogens is 218 g/mol. The zero-order valence-corrected chi connectivity index (χ0v) is 9.50. The average Bonchev–Trinajstić information content (AvgIpc) is 2.39. The predicted octanol–water partition coefficient (Wildman–Crippen LogP) is 1.96. The van der Waals surface area contributed by atoms with Gasteiger partial charge >= 0.3 is 0 Å². The second-order valence-electron chi connectivity index (χ2n) is 3.91. The van der Waals surface area contributed by atoms with Gasteiger partial charge < -0.3 is 5.11 Å². The van der Waals surface area contributed by atoms with Gasteiger partial charge in [-0.15, -0.1) is 0 Å². The first kappa shape index (κ1) is 11.7. The summed E-state index contributed by atoms with van der Waals surface area (Å²) in [6.45, 7) is 1.26. The van der Waals surface area contributed by atoms with Crippen molar-refractivity contribution in [1.82, 2.24) is 5.06 Å². The maximum atomic E-state index is 11.7. The van der Waals surface area contributed by atoms with Crippen molar-refractivity contribution in [3.63, 3.8) is 0 Å². The van der Waals surface area contributed by atoms with Crippen LogP contribution in [0.5, 0.6) is 5.75 Å². The molecule has 0 bridgehead atoms. The minimum atomic E-state index is -0.141. The first-order valence-corrected chi connectivity index (χ1v) is 5.67. The molecule has 4 heteroatoms. The maximum absolute atomic E-state index is 11.7. The van der Waals surface area contributed by atoms with E-state index in [1.807, 2.05) is 0 Å². The Morgan fingerprint density at radius 2 is 2.06 bits per heavy atom. The van der Waals surface area contributed by atoms with E-state index in [0.29, 0.717) is 13.2 Å². The highest BCUT2D eigenvalue weighted by Gasteiger charge is 2.14. The number of nitrogens with zero attached hydrogens (tertiary/aromatic N) is 1. The Morgan fingerprint density at radius 3 is 2.71 bits per heavy atom. The number of phenolic OH excluding ortho intramolecular Hbond substituents is 1. The highest BCUT2D eigenvalue weighted by Crippen LogP contribution is 2.12. The summed E-state index contributed by atoms with van der Waals surface area (Å²) in [5.41, 5.74) is 0.869. The first-order chi connectivity index (χ1) is 8.25. The van der Waals surface area contributed by atoms with Crippen LogP contribution in [0.4, 0.5) is 0 Å². The lowest BCUT2D eigenvalue weighted by Crippen LogP contribution is -2.34. The van der Waals surface area contributed by atoms with Crippen molar-refractivity contribution >= 4 is 12.0 Å². The summed E-state index contributed by atoms with van der Waals surface area (Å²) in [5.74, 6) is 0.0746. The monoisotopic (exact) mass is 233 g/mol. The lowest BCUT2D eigenvalue weighted by Gasteiger charge is -2.24. The number of hydroxylamine groups is 2. The van der Waals surface area contributed by atoms with Gasteiger partial charge in [0.25, 0.3) is 5.91 Å². The van der Waals surface area contributed by atoms with E-state index >= 15 is 0 Å². The van der Waals surface area contributed by atoms with Crippen LogP contribution in [0.1, 0.15) is 18.4 Å². The van der Waals surface area contributed by atoms with Crippen LogP contribution in [-0.4, -0.2) is 29.2 Å². The van der Waals surface area contributed by atoms with E-state index in [-0.39, 0.29) is 11.7 Å². The predicted molar refractivity (Wildman–Crippen MR) is 64.0 cm³/mol. The smallest absolute Gasteiger partial charge is 0.270 e.